The molecular weight excluding hydrogens is 239 g/mol. The van der Waals surface area contributed by atoms with E-state index >= 15 is 0 Å². The molecule has 1 saturated heterocycles. The van der Waals surface area contributed by atoms with E-state index in [9.17, 15) is 9.18 Å². The van der Waals surface area contributed by atoms with Crippen LogP contribution in [0, 0.1) is 5.82 Å². The van der Waals surface area contributed by atoms with Gasteiger partial charge < -0.3 is 14.4 Å². The number of hydrogen-bond acceptors (Lipinski definition) is 3. The fourth-order valence-electron chi connectivity index (χ4n) is 2.07. The Morgan fingerprint density at radius 3 is 3.00 bits per heavy atom. The largest absolute Gasteiger partial charge is 0.478 e. The number of ether oxygens (including phenoxy) is 1. The Balaban J connectivity index is 2.08. The van der Waals surface area contributed by atoms with E-state index in [2.05, 4.69) is 4.98 Å². The third-order valence-electron chi connectivity index (χ3n) is 3.14. The number of carboxylic acids is 1. The second-order valence-corrected chi connectivity index (χ2v) is 4.28. The molecule has 5 nitrogen and oxygen atoms in total. The Labute approximate surface area is 102 Å². The molecule has 1 N–H and O–H groups in total. The van der Waals surface area contributed by atoms with Crippen molar-refractivity contribution in [2.45, 2.75) is 19.1 Å². The van der Waals surface area contributed by atoms with E-state index in [1.807, 2.05) is 0 Å². The standard InChI is InChI=1S/C12H11FN2O3/c13-10-8(12(16)17)1-2-9-11(10)15(6-14-9)5-7-3-4-18-7/h1-2,6-7H,3-5H2,(H,16,17). The Morgan fingerprint density at radius 2 is 2.39 bits per heavy atom. The van der Waals surface area contributed by atoms with Gasteiger partial charge in [0.25, 0.3) is 0 Å². The van der Waals surface area contributed by atoms with Gasteiger partial charge in [-0.05, 0) is 18.6 Å². The van der Waals surface area contributed by atoms with E-state index in [-0.39, 0.29) is 17.2 Å². The van der Waals surface area contributed by atoms with Crippen molar-refractivity contribution in [3.8, 4) is 0 Å². The van der Waals surface area contributed by atoms with Gasteiger partial charge in [-0.3, -0.25) is 0 Å². The fraction of sp³-hybridized carbons (Fsp3) is 0.333. The summed E-state index contributed by atoms with van der Waals surface area (Å²) in [6.45, 7) is 1.22. The van der Waals surface area contributed by atoms with Gasteiger partial charge in [-0.25, -0.2) is 14.2 Å². The average Bonchev–Trinajstić information content (AvgIpc) is 2.67. The van der Waals surface area contributed by atoms with Crippen LogP contribution >= 0.6 is 0 Å². The number of carbonyl (C=O) groups is 1. The molecule has 0 amide bonds. The Bertz CT molecular complexity index is 619. The predicted octanol–water partition coefficient (Wildman–Crippen LogP) is 1.66. The second kappa shape index (κ2) is 4.06. The van der Waals surface area contributed by atoms with Crippen LogP contribution in [-0.4, -0.2) is 33.3 Å². The summed E-state index contributed by atoms with van der Waals surface area (Å²) in [5.41, 5.74) is 0.348. The van der Waals surface area contributed by atoms with Crippen molar-refractivity contribution in [1.29, 1.82) is 0 Å². The topological polar surface area (TPSA) is 64.3 Å². The van der Waals surface area contributed by atoms with Crippen LogP contribution in [0.3, 0.4) is 0 Å². The van der Waals surface area contributed by atoms with Gasteiger partial charge >= 0.3 is 5.97 Å². The van der Waals surface area contributed by atoms with Crippen molar-refractivity contribution in [1.82, 2.24) is 9.55 Å². The molecule has 94 valence electrons. The van der Waals surface area contributed by atoms with E-state index in [0.29, 0.717) is 12.1 Å². The maximum Gasteiger partial charge on any atom is 0.338 e. The minimum absolute atomic E-state index is 0.0651. The summed E-state index contributed by atoms with van der Waals surface area (Å²) in [5.74, 6) is -2.01. The molecule has 0 aliphatic carbocycles. The lowest BCUT2D eigenvalue weighted by Crippen LogP contribution is -2.31. The molecule has 1 fully saturated rings. The zero-order chi connectivity index (χ0) is 12.7. The van der Waals surface area contributed by atoms with Gasteiger partial charge in [-0.2, -0.15) is 0 Å². The molecule has 1 unspecified atom stereocenters. The van der Waals surface area contributed by atoms with Crippen LogP contribution in [0.1, 0.15) is 16.8 Å². The highest BCUT2D eigenvalue weighted by Gasteiger charge is 2.22. The smallest absolute Gasteiger partial charge is 0.338 e. The number of aromatic carboxylic acids is 1. The average molecular weight is 250 g/mol. The zero-order valence-electron chi connectivity index (χ0n) is 9.47. The number of imidazole rings is 1. The molecule has 1 atom stereocenters. The number of fused-ring (bicyclic) bond motifs is 1. The minimum atomic E-state index is -1.28. The summed E-state index contributed by atoms with van der Waals surface area (Å²) in [6, 6.07) is 2.75. The number of rotatable bonds is 3. The predicted molar refractivity (Wildman–Crippen MR) is 61.0 cm³/mol. The summed E-state index contributed by atoms with van der Waals surface area (Å²) < 4.78 is 21.0. The highest BCUT2D eigenvalue weighted by molar-refractivity contribution is 5.93. The number of carboxylic acid groups (broad SMARTS) is 1. The monoisotopic (exact) mass is 250 g/mol. The van der Waals surface area contributed by atoms with Crippen LogP contribution in [0.4, 0.5) is 4.39 Å². The normalized spacial score (nSPS) is 18.8. The van der Waals surface area contributed by atoms with E-state index in [0.717, 1.165) is 13.0 Å². The van der Waals surface area contributed by atoms with Crippen LogP contribution in [-0.2, 0) is 11.3 Å². The van der Waals surface area contributed by atoms with Crippen molar-refractivity contribution in [3.63, 3.8) is 0 Å². The molecule has 2 heterocycles. The Morgan fingerprint density at radius 1 is 1.61 bits per heavy atom. The van der Waals surface area contributed by atoms with Gasteiger partial charge in [-0.15, -0.1) is 0 Å². The first kappa shape index (κ1) is 11.2. The summed E-state index contributed by atoms with van der Waals surface area (Å²) in [5, 5.41) is 8.90. The van der Waals surface area contributed by atoms with Crippen LogP contribution in [0.25, 0.3) is 11.0 Å². The van der Waals surface area contributed by atoms with Gasteiger partial charge in [0.15, 0.2) is 5.82 Å². The molecular formula is C12H11FN2O3. The second-order valence-electron chi connectivity index (χ2n) is 4.28. The molecule has 0 saturated carbocycles. The summed E-state index contributed by atoms with van der Waals surface area (Å²) in [7, 11) is 0. The molecule has 0 spiro atoms. The van der Waals surface area contributed by atoms with Crippen molar-refractivity contribution >= 4 is 17.0 Å². The summed E-state index contributed by atoms with van der Waals surface area (Å²) in [4.78, 5) is 15.0. The van der Waals surface area contributed by atoms with Crippen molar-refractivity contribution in [3.05, 3.63) is 29.8 Å². The first-order valence-corrected chi connectivity index (χ1v) is 5.65. The maximum atomic E-state index is 14.1. The molecule has 0 radical (unpaired) electrons. The van der Waals surface area contributed by atoms with Crippen LogP contribution in [0.2, 0.25) is 0 Å². The molecule has 0 bridgehead atoms. The van der Waals surface area contributed by atoms with Crippen LogP contribution in [0.5, 0.6) is 0 Å². The molecule has 1 aliphatic heterocycles. The first-order chi connectivity index (χ1) is 8.66. The third kappa shape index (κ3) is 1.65. The Hall–Kier alpha value is -1.95. The van der Waals surface area contributed by atoms with E-state index in [1.165, 1.54) is 18.5 Å². The molecule has 18 heavy (non-hydrogen) atoms. The number of hydrogen-bond donors (Lipinski definition) is 1. The minimum Gasteiger partial charge on any atom is -0.478 e. The van der Waals surface area contributed by atoms with E-state index < -0.39 is 11.8 Å². The maximum absolute atomic E-state index is 14.1. The molecule has 3 rings (SSSR count). The van der Waals surface area contributed by atoms with E-state index in [1.54, 1.807) is 4.57 Å². The quantitative estimate of drug-likeness (QED) is 0.899. The molecule has 6 heteroatoms. The van der Waals surface area contributed by atoms with Crippen molar-refractivity contribution in [2.75, 3.05) is 6.61 Å². The van der Waals surface area contributed by atoms with Crippen molar-refractivity contribution < 1.29 is 19.0 Å². The molecule has 2 aromatic rings. The van der Waals surface area contributed by atoms with Gasteiger partial charge in [0.1, 0.15) is 5.52 Å². The lowest BCUT2D eigenvalue weighted by atomic mass is 10.1. The highest BCUT2D eigenvalue weighted by atomic mass is 19.1. The van der Waals surface area contributed by atoms with E-state index in [4.69, 9.17) is 9.84 Å². The van der Waals surface area contributed by atoms with Crippen molar-refractivity contribution in [2.24, 2.45) is 0 Å². The summed E-state index contributed by atoms with van der Waals surface area (Å²) in [6.07, 6.45) is 2.51. The van der Waals surface area contributed by atoms with Gasteiger partial charge in [-0.1, -0.05) is 0 Å². The lowest BCUT2D eigenvalue weighted by Gasteiger charge is -2.26. The van der Waals surface area contributed by atoms with Crippen LogP contribution < -0.4 is 0 Å². The fourth-order valence-corrected chi connectivity index (χ4v) is 2.07. The zero-order valence-corrected chi connectivity index (χ0v) is 9.47. The van der Waals surface area contributed by atoms with Gasteiger partial charge in [0.05, 0.1) is 30.1 Å². The highest BCUT2D eigenvalue weighted by Crippen LogP contribution is 2.23. The van der Waals surface area contributed by atoms with Crippen LogP contribution in [0.15, 0.2) is 18.5 Å². The summed E-state index contributed by atoms with van der Waals surface area (Å²) >= 11 is 0. The molecule has 1 aliphatic rings. The third-order valence-corrected chi connectivity index (χ3v) is 3.14. The lowest BCUT2D eigenvalue weighted by molar-refractivity contribution is -0.0587. The first-order valence-electron chi connectivity index (χ1n) is 5.65. The Kier molecular flexibility index (Phi) is 2.52. The number of halogens is 1. The SMILES string of the molecule is O=C(O)c1ccc2ncn(CC3CCO3)c2c1F. The number of nitrogens with zero attached hydrogens (tertiary/aromatic N) is 2. The van der Waals surface area contributed by atoms with Gasteiger partial charge in [0, 0.05) is 6.61 Å². The van der Waals surface area contributed by atoms with Gasteiger partial charge in [0.2, 0.25) is 0 Å². The number of aromatic nitrogens is 2. The molecule has 1 aromatic carbocycles. The number of benzene rings is 1. The molecule has 1 aromatic heterocycles.